The molecule has 2 rings (SSSR count). The Morgan fingerprint density at radius 1 is 1.31 bits per heavy atom. The van der Waals surface area contributed by atoms with Crippen LogP contribution in [0.25, 0.3) is 0 Å². The molecule has 1 N–H and O–H groups in total. The van der Waals surface area contributed by atoms with Crippen molar-refractivity contribution in [3.8, 4) is 0 Å². The van der Waals surface area contributed by atoms with Gasteiger partial charge in [-0.25, -0.2) is 0 Å². The molecule has 1 aromatic heterocycles. The number of nitrogens with one attached hydrogen (secondary N) is 1. The Kier molecular flexibility index (Phi) is 4.16. The molecule has 0 aliphatic heterocycles. The molecule has 0 amide bonds. The number of halogens is 1. The molecule has 1 aromatic carbocycles. The lowest BCUT2D eigenvalue weighted by molar-refractivity contribution is 0.596. The van der Waals surface area contributed by atoms with Crippen molar-refractivity contribution in [2.24, 2.45) is 0 Å². The maximum atomic E-state index is 3.49. The fraction of sp³-hybridized carbons (Fsp3) is 0.231. The van der Waals surface area contributed by atoms with Gasteiger partial charge in [-0.05, 0) is 34.6 Å². The first-order chi connectivity index (χ1) is 7.79. The average molecular weight is 296 g/mol. The third-order valence-corrected chi connectivity index (χ3v) is 4.30. The molecule has 2 aromatic rings. The Hall–Kier alpha value is -0.640. The molecule has 3 heteroatoms. The van der Waals surface area contributed by atoms with E-state index in [4.69, 9.17) is 0 Å². The van der Waals surface area contributed by atoms with Crippen LogP contribution in [0.1, 0.15) is 16.5 Å². The molecule has 84 valence electrons. The van der Waals surface area contributed by atoms with Crippen molar-refractivity contribution < 1.29 is 0 Å². The van der Waals surface area contributed by atoms with Gasteiger partial charge in [-0.3, -0.25) is 0 Å². The standard InChI is InChI=1S/C13H14BrNS/c1-15-13(10-5-3-2-4-6-10)8-12-7-11(14)9-16-12/h2-7,9,13,15H,8H2,1H3. The SMILES string of the molecule is CNC(Cc1cc(Br)cs1)c1ccccc1. The van der Waals surface area contributed by atoms with Gasteiger partial charge in [0.25, 0.3) is 0 Å². The summed E-state index contributed by atoms with van der Waals surface area (Å²) >= 11 is 5.29. The average Bonchev–Trinajstić information content (AvgIpc) is 2.73. The fourth-order valence-electron chi connectivity index (χ4n) is 1.73. The molecule has 0 aliphatic carbocycles. The summed E-state index contributed by atoms with van der Waals surface area (Å²) in [5, 5.41) is 5.50. The molecule has 1 atom stereocenters. The highest BCUT2D eigenvalue weighted by Gasteiger charge is 2.10. The zero-order valence-corrected chi connectivity index (χ0v) is 11.5. The Bertz CT molecular complexity index is 438. The Morgan fingerprint density at radius 2 is 2.06 bits per heavy atom. The van der Waals surface area contributed by atoms with Crippen LogP contribution in [-0.2, 0) is 6.42 Å². The zero-order valence-electron chi connectivity index (χ0n) is 9.11. The maximum absolute atomic E-state index is 3.49. The van der Waals surface area contributed by atoms with Crippen molar-refractivity contribution in [2.75, 3.05) is 7.05 Å². The van der Waals surface area contributed by atoms with Gasteiger partial charge in [0.15, 0.2) is 0 Å². The number of thiophene rings is 1. The van der Waals surface area contributed by atoms with Crippen LogP contribution in [0, 0.1) is 0 Å². The first-order valence-corrected chi connectivity index (χ1v) is 6.92. The summed E-state index contributed by atoms with van der Waals surface area (Å²) in [5.41, 5.74) is 1.34. The molecule has 0 saturated heterocycles. The summed E-state index contributed by atoms with van der Waals surface area (Å²) < 4.78 is 1.18. The van der Waals surface area contributed by atoms with Crippen molar-refractivity contribution in [1.82, 2.24) is 5.32 Å². The highest BCUT2D eigenvalue weighted by atomic mass is 79.9. The van der Waals surface area contributed by atoms with Crippen LogP contribution >= 0.6 is 27.3 Å². The van der Waals surface area contributed by atoms with Crippen LogP contribution in [0.5, 0.6) is 0 Å². The van der Waals surface area contributed by atoms with E-state index in [0.29, 0.717) is 6.04 Å². The molecular weight excluding hydrogens is 282 g/mol. The summed E-state index contributed by atoms with van der Waals surface area (Å²) in [5.74, 6) is 0. The maximum Gasteiger partial charge on any atom is 0.0366 e. The van der Waals surface area contributed by atoms with E-state index in [1.807, 2.05) is 7.05 Å². The molecule has 0 aliphatic rings. The van der Waals surface area contributed by atoms with E-state index in [0.717, 1.165) is 6.42 Å². The molecule has 1 nitrogen and oxygen atoms in total. The molecule has 0 radical (unpaired) electrons. The van der Waals surface area contributed by atoms with E-state index in [1.54, 1.807) is 11.3 Å². The van der Waals surface area contributed by atoms with Gasteiger partial charge in [0, 0.05) is 27.2 Å². The van der Waals surface area contributed by atoms with Crippen LogP contribution in [0.4, 0.5) is 0 Å². The van der Waals surface area contributed by atoms with E-state index in [2.05, 4.69) is 63.0 Å². The Labute approximate surface area is 109 Å². The predicted molar refractivity (Wildman–Crippen MR) is 74.0 cm³/mol. The second kappa shape index (κ2) is 5.62. The normalized spacial score (nSPS) is 12.6. The second-order valence-corrected chi connectivity index (χ2v) is 5.60. The number of hydrogen-bond acceptors (Lipinski definition) is 2. The van der Waals surface area contributed by atoms with E-state index >= 15 is 0 Å². The molecule has 1 unspecified atom stereocenters. The number of rotatable bonds is 4. The topological polar surface area (TPSA) is 12.0 Å². The Balaban J connectivity index is 2.12. The largest absolute Gasteiger partial charge is 0.313 e. The minimum atomic E-state index is 0.395. The van der Waals surface area contributed by atoms with Gasteiger partial charge >= 0.3 is 0 Å². The second-order valence-electron chi connectivity index (χ2n) is 3.69. The first kappa shape index (κ1) is 11.8. The monoisotopic (exact) mass is 295 g/mol. The van der Waals surface area contributed by atoms with Crippen molar-refractivity contribution in [1.29, 1.82) is 0 Å². The van der Waals surface area contributed by atoms with Gasteiger partial charge in [0.05, 0.1) is 0 Å². The van der Waals surface area contributed by atoms with E-state index in [1.165, 1.54) is 14.9 Å². The van der Waals surface area contributed by atoms with Crippen LogP contribution in [-0.4, -0.2) is 7.05 Å². The van der Waals surface area contributed by atoms with Crippen molar-refractivity contribution in [3.63, 3.8) is 0 Å². The third kappa shape index (κ3) is 2.94. The first-order valence-electron chi connectivity index (χ1n) is 5.24. The Morgan fingerprint density at radius 3 is 2.62 bits per heavy atom. The van der Waals surface area contributed by atoms with Crippen molar-refractivity contribution in [2.45, 2.75) is 12.5 Å². The van der Waals surface area contributed by atoms with Gasteiger partial charge in [0.2, 0.25) is 0 Å². The summed E-state index contributed by atoms with van der Waals surface area (Å²) in [6.45, 7) is 0. The zero-order chi connectivity index (χ0) is 11.4. The van der Waals surface area contributed by atoms with Crippen LogP contribution in [0.3, 0.4) is 0 Å². The van der Waals surface area contributed by atoms with Gasteiger partial charge < -0.3 is 5.32 Å². The minimum Gasteiger partial charge on any atom is -0.313 e. The summed E-state index contributed by atoms with van der Waals surface area (Å²) in [6, 6.07) is 13.2. The van der Waals surface area contributed by atoms with E-state index < -0.39 is 0 Å². The minimum absolute atomic E-state index is 0.395. The molecular formula is C13H14BrNS. The molecule has 0 bridgehead atoms. The summed E-state index contributed by atoms with van der Waals surface area (Å²) in [7, 11) is 2.01. The quantitative estimate of drug-likeness (QED) is 0.898. The lowest BCUT2D eigenvalue weighted by Crippen LogP contribution is -2.18. The number of benzene rings is 1. The van der Waals surface area contributed by atoms with Gasteiger partial charge in [-0.15, -0.1) is 11.3 Å². The molecule has 0 saturated carbocycles. The van der Waals surface area contributed by atoms with Gasteiger partial charge in [-0.1, -0.05) is 30.3 Å². The van der Waals surface area contributed by atoms with Crippen molar-refractivity contribution in [3.05, 3.63) is 56.7 Å². The van der Waals surface area contributed by atoms with Gasteiger partial charge in [-0.2, -0.15) is 0 Å². The third-order valence-electron chi connectivity index (χ3n) is 2.58. The molecule has 0 spiro atoms. The number of hydrogen-bond donors (Lipinski definition) is 1. The lowest BCUT2D eigenvalue weighted by Gasteiger charge is -2.15. The van der Waals surface area contributed by atoms with E-state index in [9.17, 15) is 0 Å². The predicted octanol–water partition coefficient (Wildman–Crippen LogP) is 4.01. The van der Waals surface area contributed by atoms with Crippen molar-refractivity contribution >= 4 is 27.3 Å². The van der Waals surface area contributed by atoms with Crippen LogP contribution in [0.15, 0.2) is 46.3 Å². The summed E-state index contributed by atoms with van der Waals surface area (Å²) in [6.07, 6.45) is 1.04. The molecule has 16 heavy (non-hydrogen) atoms. The van der Waals surface area contributed by atoms with Gasteiger partial charge in [0.1, 0.15) is 0 Å². The van der Waals surface area contributed by atoms with E-state index in [-0.39, 0.29) is 0 Å². The summed E-state index contributed by atoms with van der Waals surface area (Å²) in [4.78, 5) is 1.40. The number of likely N-dealkylation sites (N-methyl/N-ethyl adjacent to an activating group) is 1. The molecule has 0 fully saturated rings. The lowest BCUT2D eigenvalue weighted by atomic mass is 10.0. The van der Waals surface area contributed by atoms with Crippen LogP contribution < -0.4 is 5.32 Å². The fourth-order valence-corrected chi connectivity index (χ4v) is 3.23. The van der Waals surface area contributed by atoms with Crippen LogP contribution in [0.2, 0.25) is 0 Å². The highest BCUT2D eigenvalue weighted by Crippen LogP contribution is 2.25. The highest BCUT2D eigenvalue weighted by molar-refractivity contribution is 9.10. The smallest absolute Gasteiger partial charge is 0.0366 e. The molecule has 1 heterocycles.